The second-order valence-corrected chi connectivity index (χ2v) is 4.17. The molecule has 1 N–H and O–H groups in total. The molecule has 0 unspecified atom stereocenters. The lowest BCUT2D eigenvalue weighted by atomic mass is 10.4. The van der Waals surface area contributed by atoms with E-state index in [2.05, 4.69) is 25.4 Å². The molecule has 0 aliphatic heterocycles. The molecule has 0 saturated heterocycles. The van der Waals surface area contributed by atoms with E-state index in [4.69, 9.17) is 4.52 Å². The highest BCUT2D eigenvalue weighted by Crippen LogP contribution is 2.27. The Labute approximate surface area is 103 Å². The highest BCUT2D eigenvalue weighted by atomic mass is 16.5. The van der Waals surface area contributed by atoms with Gasteiger partial charge in [-0.3, -0.25) is 9.78 Å². The topological polar surface area (TPSA) is 93.8 Å². The Morgan fingerprint density at radius 2 is 2.33 bits per heavy atom. The SMILES string of the molecule is O=C(NCC1CC1)c1nc(-c2cnccn2)no1. The Bertz CT molecular complexity index is 550. The Hall–Kier alpha value is -2.31. The summed E-state index contributed by atoms with van der Waals surface area (Å²) in [6.07, 6.45) is 6.94. The van der Waals surface area contributed by atoms with Gasteiger partial charge >= 0.3 is 11.8 Å². The molecule has 92 valence electrons. The molecule has 18 heavy (non-hydrogen) atoms. The first-order chi connectivity index (χ1) is 8.83. The van der Waals surface area contributed by atoms with E-state index in [1.54, 1.807) is 6.20 Å². The van der Waals surface area contributed by atoms with Crippen LogP contribution in [0.1, 0.15) is 23.5 Å². The van der Waals surface area contributed by atoms with Crippen molar-refractivity contribution in [3.05, 3.63) is 24.5 Å². The average molecular weight is 245 g/mol. The highest BCUT2D eigenvalue weighted by molar-refractivity contribution is 5.89. The molecule has 0 aromatic carbocycles. The van der Waals surface area contributed by atoms with E-state index >= 15 is 0 Å². The lowest BCUT2D eigenvalue weighted by Crippen LogP contribution is -2.25. The number of nitrogens with one attached hydrogen (secondary N) is 1. The Morgan fingerprint density at radius 3 is 3.06 bits per heavy atom. The lowest BCUT2D eigenvalue weighted by molar-refractivity contribution is 0.0908. The van der Waals surface area contributed by atoms with Gasteiger partial charge in [-0.05, 0) is 18.8 Å². The van der Waals surface area contributed by atoms with E-state index in [0.717, 1.165) is 0 Å². The summed E-state index contributed by atoms with van der Waals surface area (Å²) < 4.78 is 4.89. The number of hydrogen-bond acceptors (Lipinski definition) is 6. The van der Waals surface area contributed by atoms with Crippen LogP contribution in [0, 0.1) is 5.92 Å². The molecule has 1 aliphatic rings. The van der Waals surface area contributed by atoms with Crippen molar-refractivity contribution in [2.75, 3.05) is 6.54 Å². The molecule has 2 aromatic rings. The first-order valence-corrected chi connectivity index (χ1v) is 5.71. The molecule has 2 aromatic heterocycles. The van der Waals surface area contributed by atoms with Gasteiger partial charge in [0.2, 0.25) is 5.82 Å². The van der Waals surface area contributed by atoms with Gasteiger partial charge in [-0.2, -0.15) is 4.98 Å². The van der Waals surface area contributed by atoms with Gasteiger partial charge in [-0.25, -0.2) is 4.98 Å². The second-order valence-electron chi connectivity index (χ2n) is 4.17. The minimum atomic E-state index is -0.343. The Balaban J connectivity index is 1.70. The van der Waals surface area contributed by atoms with E-state index < -0.39 is 0 Å². The standard InChI is InChI=1S/C11H11N5O2/c17-10(14-5-7-1-2-7)11-15-9(16-18-11)8-6-12-3-4-13-8/h3-4,6-7H,1-2,5H2,(H,14,17). The van der Waals surface area contributed by atoms with Crippen molar-refractivity contribution in [3.63, 3.8) is 0 Å². The van der Waals surface area contributed by atoms with Crippen molar-refractivity contribution < 1.29 is 9.32 Å². The fraction of sp³-hybridized carbons (Fsp3) is 0.364. The van der Waals surface area contributed by atoms with Crippen LogP contribution in [0.2, 0.25) is 0 Å². The number of rotatable bonds is 4. The molecule has 0 spiro atoms. The summed E-state index contributed by atoms with van der Waals surface area (Å²) in [7, 11) is 0. The van der Waals surface area contributed by atoms with Crippen molar-refractivity contribution in [3.8, 4) is 11.5 Å². The maximum Gasteiger partial charge on any atom is 0.316 e. The van der Waals surface area contributed by atoms with Crippen molar-refractivity contribution in [1.29, 1.82) is 0 Å². The molecule has 7 nitrogen and oxygen atoms in total. The van der Waals surface area contributed by atoms with Crippen molar-refractivity contribution in [1.82, 2.24) is 25.4 Å². The summed E-state index contributed by atoms with van der Waals surface area (Å²) in [6, 6.07) is 0. The van der Waals surface area contributed by atoms with E-state index in [-0.39, 0.29) is 17.6 Å². The molecular weight excluding hydrogens is 234 g/mol. The van der Waals surface area contributed by atoms with E-state index in [9.17, 15) is 4.79 Å². The Morgan fingerprint density at radius 1 is 1.44 bits per heavy atom. The van der Waals surface area contributed by atoms with Crippen LogP contribution >= 0.6 is 0 Å². The molecule has 1 aliphatic carbocycles. The van der Waals surface area contributed by atoms with Crippen LogP contribution in [-0.2, 0) is 0 Å². The molecule has 1 saturated carbocycles. The Kier molecular flexibility index (Phi) is 2.71. The smallest absolute Gasteiger partial charge is 0.316 e. The van der Waals surface area contributed by atoms with Crippen LogP contribution in [0.4, 0.5) is 0 Å². The fourth-order valence-corrected chi connectivity index (χ4v) is 1.47. The maximum atomic E-state index is 11.7. The van der Waals surface area contributed by atoms with Crippen LogP contribution in [0.5, 0.6) is 0 Å². The van der Waals surface area contributed by atoms with E-state index in [1.807, 2.05) is 0 Å². The average Bonchev–Trinajstić information content (AvgIpc) is 3.11. The number of hydrogen-bond donors (Lipinski definition) is 1. The van der Waals surface area contributed by atoms with E-state index in [0.29, 0.717) is 18.2 Å². The third-order valence-corrected chi connectivity index (χ3v) is 2.66. The molecule has 7 heteroatoms. The van der Waals surface area contributed by atoms with Crippen LogP contribution in [-0.4, -0.2) is 32.6 Å². The van der Waals surface area contributed by atoms with Crippen LogP contribution in [0.15, 0.2) is 23.1 Å². The summed E-state index contributed by atoms with van der Waals surface area (Å²) in [5.74, 6) is 0.483. The van der Waals surface area contributed by atoms with Crippen LogP contribution < -0.4 is 5.32 Å². The number of carbonyl (C=O) groups excluding carboxylic acids is 1. The molecule has 1 amide bonds. The van der Waals surface area contributed by atoms with Crippen LogP contribution in [0.25, 0.3) is 11.5 Å². The minimum Gasteiger partial charge on any atom is -0.348 e. The van der Waals surface area contributed by atoms with Gasteiger partial charge in [0, 0.05) is 18.9 Å². The molecule has 0 radical (unpaired) electrons. The fourth-order valence-electron chi connectivity index (χ4n) is 1.47. The first-order valence-electron chi connectivity index (χ1n) is 5.71. The van der Waals surface area contributed by atoms with Crippen molar-refractivity contribution in [2.45, 2.75) is 12.8 Å². The third-order valence-electron chi connectivity index (χ3n) is 2.66. The first kappa shape index (κ1) is 10.8. The number of nitrogens with zero attached hydrogens (tertiary/aromatic N) is 4. The summed E-state index contributed by atoms with van der Waals surface area (Å²) in [6.45, 7) is 0.668. The minimum absolute atomic E-state index is 0.0451. The van der Waals surface area contributed by atoms with Gasteiger partial charge in [0.25, 0.3) is 0 Å². The van der Waals surface area contributed by atoms with Crippen molar-refractivity contribution in [2.24, 2.45) is 5.92 Å². The van der Waals surface area contributed by atoms with Crippen molar-refractivity contribution >= 4 is 5.91 Å². The van der Waals surface area contributed by atoms with Gasteiger partial charge < -0.3 is 9.84 Å². The molecule has 3 rings (SSSR count). The normalized spacial score (nSPS) is 14.4. The summed E-state index contributed by atoms with van der Waals surface area (Å²) in [4.78, 5) is 23.6. The molecule has 0 atom stereocenters. The van der Waals surface area contributed by atoms with Gasteiger partial charge in [0.1, 0.15) is 5.69 Å². The molecular formula is C11H11N5O2. The number of amides is 1. The zero-order chi connectivity index (χ0) is 12.4. The highest BCUT2D eigenvalue weighted by Gasteiger charge is 2.23. The monoisotopic (exact) mass is 245 g/mol. The lowest BCUT2D eigenvalue weighted by Gasteiger charge is -1.97. The quantitative estimate of drug-likeness (QED) is 0.850. The zero-order valence-electron chi connectivity index (χ0n) is 9.54. The largest absolute Gasteiger partial charge is 0.348 e. The van der Waals surface area contributed by atoms with Crippen LogP contribution in [0.3, 0.4) is 0 Å². The third kappa shape index (κ3) is 2.34. The van der Waals surface area contributed by atoms with E-state index in [1.165, 1.54) is 25.2 Å². The maximum absolute atomic E-state index is 11.7. The predicted molar refractivity (Wildman–Crippen MR) is 60.4 cm³/mol. The van der Waals surface area contributed by atoms with Gasteiger partial charge in [-0.1, -0.05) is 5.16 Å². The molecule has 0 bridgehead atoms. The number of aromatic nitrogens is 4. The van der Waals surface area contributed by atoms with Gasteiger partial charge in [0.05, 0.1) is 6.20 Å². The van der Waals surface area contributed by atoms with Gasteiger partial charge in [-0.15, -0.1) is 0 Å². The summed E-state index contributed by atoms with van der Waals surface area (Å²) >= 11 is 0. The predicted octanol–water partition coefficient (Wildman–Crippen LogP) is 0.666. The summed E-state index contributed by atoms with van der Waals surface area (Å²) in [5, 5.41) is 6.46. The molecule has 1 fully saturated rings. The molecule has 2 heterocycles. The van der Waals surface area contributed by atoms with Gasteiger partial charge in [0.15, 0.2) is 0 Å². The zero-order valence-corrected chi connectivity index (χ0v) is 9.54. The second kappa shape index (κ2) is 4.52. The summed E-state index contributed by atoms with van der Waals surface area (Å²) in [5.41, 5.74) is 0.475. The number of carbonyl (C=O) groups is 1.